The molecule has 2 aliphatic heterocycles. The second-order valence-electron chi connectivity index (χ2n) is 6.12. The van der Waals surface area contributed by atoms with Crippen LogP contribution in [0, 0.1) is 12.7 Å². The fraction of sp³-hybridized carbons (Fsp3) is 0.562. The Morgan fingerprint density at radius 3 is 2.62 bits per heavy atom. The summed E-state index contributed by atoms with van der Waals surface area (Å²) in [7, 11) is -3.82. The number of morpholine rings is 1. The normalized spacial score (nSPS) is 22.8. The lowest BCUT2D eigenvalue weighted by molar-refractivity contribution is -0.138. The Kier molecular flexibility index (Phi) is 4.89. The molecule has 0 aliphatic carbocycles. The van der Waals surface area contributed by atoms with Gasteiger partial charge in [0.05, 0.1) is 18.1 Å². The number of hydrogen-bond donors (Lipinski definition) is 0. The van der Waals surface area contributed by atoms with E-state index in [1.54, 1.807) is 4.90 Å². The second kappa shape index (κ2) is 6.78. The van der Waals surface area contributed by atoms with Gasteiger partial charge in [0.15, 0.2) is 0 Å². The van der Waals surface area contributed by atoms with Crippen LogP contribution in [0.4, 0.5) is 4.39 Å². The maximum Gasteiger partial charge on any atom is 0.243 e. The molecule has 2 aliphatic rings. The predicted molar refractivity (Wildman–Crippen MR) is 85.4 cm³/mol. The number of sulfonamides is 1. The fourth-order valence-electron chi connectivity index (χ4n) is 3.18. The summed E-state index contributed by atoms with van der Waals surface area (Å²) in [6.07, 6.45) is 1.15. The number of benzene rings is 1. The van der Waals surface area contributed by atoms with Crippen LogP contribution in [-0.4, -0.2) is 62.4 Å². The van der Waals surface area contributed by atoms with Gasteiger partial charge in [-0.25, -0.2) is 12.8 Å². The SMILES string of the molecule is Cc1cc(S(=O)(=O)N2CCC[C@@H]2C(=O)N2CCOCC2)ccc1F. The van der Waals surface area contributed by atoms with E-state index < -0.39 is 21.9 Å². The van der Waals surface area contributed by atoms with E-state index in [0.29, 0.717) is 45.7 Å². The van der Waals surface area contributed by atoms with Crippen molar-refractivity contribution in [2.24, 2.45) is 0 Å². The first kappa shape index (κ1) is 17.3. The van der Waals surface area contributed by atoms with E-state index in [9.17, 15) is 17.6 Å². The first-order chi connectivity index (χ1) is 11.4. The first-order valence-corrected chi connectivity index (χ1v) is 9.50. The quantitative estimate of drug-likeness (QED) is 0.815. The van der Waals surface area contributed by atoms with E-state index in [0.717, 1.165) is 6.07 Å². The third-order valence-corrected chi connectivity index (χ3v) is 6.45. The number of hydrogen-bond acceptors (Lipinski definition) is 4. The van der Waals surface area contributed by atoms with Gasteiger partial charge in [-0.2, -0.15) is 4.31 Å². The van der Waals surface area contributed by atoms with Crippen molar-refractivity contribution in [3.63, 3.8) is 0 Å². The molecule has 2 heterocycles. The number of rotatable bonds is 3. The van der Waals surface area contributed by atoms with Crippen molar-refractivity contribution in [3.8, 4) is 0 Å². The summed E-state index contributed by atoms with van der Waals surface area (Å²) in [5.41, 5.74) is 0.270. The Balaban J connectivity index is 1.85. The summed E-state index contributed by atoms with van der Waals surface area (Å²) in [6, 6.07) is 3.04. The van der Waals surface area contributed by atoms with Crippen molar-refractivity contribution in [2.45, 2.75) is 30.7 Å². The zero-order valence-electron chi connectivity index (χ0n) is 13.6. The number of nitrogens with zero attached hydrogens (tertiary/aromatic N) is 2. The van der Waals surface area contributed by atoms with Crippen molar-refractivity contribution >= 4 is 15.9 Å². The van der Waals surface area contributed by atoms with Crippen LogP contribution in [0.15, 0.2) is 23.1 Å². The highest BCUT2D eigenvalue weighted by molar-refractivity contribution is 7.89. The van der Waals surface area contributed by atoms with Gasteiger partial charge in [-0.05, 0) is 43.5 Å². The van der Waals surface area contributed by atoms with E-state index in [1.165, 1.54) is 23.4 Å². The highest BCUT2D eigenvalue weighted by Gasteiger charge is 2.41. The highest BCUT2D eigenvalue weighted by Crippen LogP contribution is 2.28. The van der Waals surface area contributed by atoms with Gasteiger partial charge in [0.2, 0.25) is 15.9 Å². The lowest BCUT2D eigenvalue weighted by atomic mass is 10.2. The third kappa shape index (κ3) is 3.18. The van der Waals surface area contributed by atoms with Crippen LogP contribution in [0.2, 0.25) is 0 Å². The minimum absolute atomic E-state index is 0.0306. The average Bonchev–Trinajstić information content (AvgIpc) is 3.08. The van der Waals surface area contributed by atoms with Crippen molar-refractivity contribution in [2.75, 3.05) is 32.8 Å². The standard InChI is InChI=1S/C16H21FN2O4S/c1-12-11-13(4-5-14(12)17)24(21,22)19-6-2-3-15(19)16(20)18-7-9-23-10-8-18/h4-5,11,15H,2-3,6-10H2,1H3/t15-/m1/s1. The molecule has 24 heavy (non-hydrogen) atoms. The fourth-order valence-corrected chi connectivity index (χ4v) is 4.92. The molecule has 1 amide bonds. The summed E-state index contributed by atoms with van der Waals surface area (Å²) < 4.78 is 45.7. The maximum absolute atomic E-state index is 13.4. The number of carbonyl (C=O) groups excluding carboxylic acids is 1. The zero-order chi connectivity index (χ0) is 17.3. The summed E-state index contributed by atoms with van der Waals surface area (Å²) in [6.45, 7) is 3.75. The smallest absolute Gasteiger partial charge is 0.243 e. The van der Waals surface area contributed by atoms with Gasteiger partial charge < -0.3 is 9.64 Å². The molecule has 0 spiro atoms. The number of amides is 1. The second-order valence-corrected chi connectivity index (χ2v) is 8.01. The maximum atomic E-state index is 13.4. The topological polar surface area (TPSA) is 66.9 Å². The van der Waals surface area contributed by atoms with Crippen LogP contribution in [0.5, 0.6) is 0 Å². The van der Waals surface area contributed by atoms with Gasteiger partial charge in [0, 0.05) is 19.6 Å². The number of ether oxygens (including phenoxy) is 1. The summed E-state index contributed by atoms with van der Waals surface area (Å²) in [4.78, 5) is 14.4. The number of carbonyl (C=O) groups is 1. The number of halogens is 1. The molecule has 1 aromatic rings. The molecule has 0 radical (unpaired) electrons. The minimum atomic E-state index is -3.82. The van der Waals surface area contributed by atoms with Crippen LogP contribution in [-0.2, 0) is 19.6 Å². The molecule has 0 aromatic heterocycles. The Morgan fingerprint density at radius 1 is 1.25 bits per heavy atom. The Hall–Kier alpha value is -1.51. The van der Waals surface area contributed by atoms with Crippen LogP contribution in [0.25, 0.3) is 0 Å². The van der Waals surface area contributed by atoms with E-state index in [4.69, 9.17) is 4.74 Å². The van der Waals surface area contributed by atoms with E-state index in [-0.39, 0.29) is 16.4 Å². The lowest BCUT2D eigenvalue weighted by Gasteiger charge is -2.32. The van der Waals surface area contributed by atoms with Crippen LogP contribution in [0.1, 0.15) is 18.4 Å². The van der Waals surface area contributed by atoms with E-state index >= 15 is 0 Å². The van der Waals surface area contributed by atoms with Gasteiger partial charge >= 0.3 is 0 Å². The molecule has 0 bridgehead atoms. The molecule has 0 unspecified atom stereocenters. The molecule has 3 rings (SSSR count). The summed E-state index contributed by atoms with van der Waals surface area (Å²) >= 11 is 0. The van der Waals surface area contributed by atoms with Crippen molar-refractivity contribution in [1.29, 1.82) is 0 Å². The Labute approximate surface area is 141 Å². The largest absolute Gasteiger partial charge is 0.378 e. The van der Waals surface area contributed by atoms with Gasteiger partial charge in [-0.3, -0.25) is 4.79 Å². The Morgan fingerprint density at radius 2 is 1.96 bits per heavy atom. The molecular weight excluding hydrogens is 335 g/mol. The zero-order valence-corrected chi connectivity index (χ0v) is 14.4. The van der Waals surface area contributed by atoms with Crippen LogP contribution < -0.4 is 0 Å². The van der Waals surface area contributed by atoms with Crippen LogP contribution >= 0.6 is 0 Å². The van der Waals surface area contributed by atoms with Crippen molar-refractivity contribution in [1.82, 2.24) is 9.21 Å². The summed E-state index contributed by atoms with van der Waals surface area (Å²) in [5.74, 6) is -0.616. The molecule has 2 fully saturated rings. The van der Waals surface area contributed by atoms with Gasteiger partial charge in [-0.15, -0.1) is 0 Å². The molecule has 1 atom stereocenters. The van der Waals surface area contributed by atoms with Gasteiger partial charge in [-0.1, -0.05) is 0 Å². The molecule has 8 heteroatoms. The molecule has 0 N–H and O–H groups in total. The monoisotopic (exact) mass is 356 g/mol. The predicted octanol–water partition coefficient (Wildman–Crippen LogP) is 1.15. The van der Waals surface area contributed by atoms with Crippen molar-refractivity contribution in [3.05, 3.63) is 29.6 Å². The molecule has 0 saturated carbocycles. The molecule has 1 aromatic carbocycles. The van der Waals surface area contributed by atoms with Crippen molar-refractivity contribution < 1.29 is 22.3 Å². The Bertz CT molecular complexity index is 732. The minimum Gasteiger partial charge on any atom is -0.378 e. The van der Waals surface area contributed by atoms with Gasteiger partial charge in [0.1, 0.15) is 11.9 Å². The number of aryl methyl sites for hydroxylation is 1. The lowest BCUT2D eigenvalue weighted by Crippen LogP contribution is -2.50. The average molecular weight is 356 g/mol. The third-order valence-electron chi connectivity index (χ3n) is 4.55. The molecule has 6 nitrogen and oxygen atoms in total. The van der Waals surface area contributed by atoms with Crippen LogP contribution in [0.3, 0.4) is 0 Å². The molecule has 132 valence electrons. The molecule has 2 saturated heterocycles. The first-order valence-electron chi connectivity index (χ1n) is 8.06. The van der Waals surface area contributed by atoms with E-state index in [1.807, 2.05) is 0 Å². The highest BCUT2D eigenvalue weighted by atomic mass is 32.2. The molecular formula is C16H21FN2O4S. The van der Waals surface area contributed by atoms with Gasteiger partial charge in [0.25, 0.3) is 0 Å². The van der Waals surface area contributed by atoms with E-state index in [2.05, 4.69) is 0 Å². The summed E-state index contributed by atoms with van der Waals surface area (Å²) in [5, 5.41) is 0.